The summed E-state index contributed by atoms with van der Waals surface area (Å²) in [6, 6.07) is 9.12. The third-order valence-corrected chi connectivity index (χ3v) is 4.96. The molecular formula is C15H13BrN2O2S. The molecular weight excluding hydrogens is 352 g/mol. The summed E-state index contributed by atoms with van der Waals surface area (Å²) >= 11 is 4.70. The summed E-state index contributed by atoms with van der Waals surface area (Å²) in [6.45, 7) is 0. The molecule has 1 heterocycles. The number of amides is 2. The Morgan fingerprint density at radius 1 is 1.19 bits per heavy atom. The lowest BCUT2D eigenvalue weighted by molar-refractivity contribution is 0.0949. The lowest BCUT2D eigenvalue weighted by atomic mass is 10.2. The van der Waals surface area contributed by atoms with E-state index in [0.29, 0.717) is 22.2 Å². The molecule has 0 spiro atoms. The van der Waals surface area contributed by atoms with Crippen LogP contribution in [0.15, 0.2) is 40.2 Å². The van der Waals surface area contributed by atoms with E-state index in [2.05, 4.69) is 26.6 Å². The third kappa shape index (κ3) is 3.51. The van der Waals surface area contributed by atoms with Crippen LogP contribution in [-0.4, -0.2) is 17.9 Å². The summed E-state index contributed by atoms with van der Waals surface area (Å²) in [5, 5.41) is 7.59. The molecule has 1 aliphatic rings. The van der Waals surface area contributed by atoms with Gasteiger partial charge in [-0.05, 0) is 58.4 Å². The molecule has 1 fully saturated rings. The van der Waals surface area contributed by atoms with Gasteiger partial charge in [0.05, 0.1) is 0 Å². The van der Waals surface area contributed by atoms with Crippen molar-refractivity contribution >= 4 is 44.8 Å². The fourth-order valence-corrected chi connectivity index (χ4v) is 3.32. The molecule has 3 rings (SSSR count). The van der Waals surface area contributed by atoms with Crippen molar-refractivity contribution in [2.75, 3.05) is 5.32 Å². The quantitative estimate of drug-likeness (QED) is 0.869. The zero-order valence-corrected chi connectivity index (χ0v) is 13.5. The number of halogens is 1. The SMILES string of the molecule is O=C(NC1CC1)c1cccc(NC(=O)c2sccc2Br)c1. The van der Waals surface area contributed by atoms with Crippen molar-refractivity contribution in [3.8, 4) is 0 Å². The topological polar surface area (TPSA) is 58.2 Å². The molecule has 0 saturated heterocycles. The van der Waals surface area contributed by atoms with E-state index >= 15 is 0 Å². The average Bonchev–Trinajstić information content (AvgIpc) is 3.17. The van der Waals surface area contributed by atoms with Crippen molar-refractivity contribution in [3.63, 3.8) is 0 Å². The number of benzene rings is 1. The lowest BCUT2D eigenvalue weighted by Crippen LogP contribution is -2.25. The standard InChI is InChI=1S/C15H13BrN2O2S/c16-12-6-7-21-13(12)15(20)18-11-3-1-2-9(8-11)14(19)17-10-4-5-10/h1-3,6-8,10H,4-5H2,(H,17,19)(H,18,20). The maximum atomic E-state index is 12.1. The van der Waals surface area contributed by atoms with Gasteiger partial charge in [0.25, 0.3) is 11.8 Å². The van der Waals surface area contributed by atoms with E-state index in [1.165, 1.54) is 11.3 Å². The van der Waals surface area contributed by atoms with Crippen LogP contribution in [0.3, 0.4) is 0 Å². The van der Waals surface area contributed by atoms with Gasteiger partial charge in [0.2, 0.25) is 0 Å². The molecule has 2 N–H and O–H groups in total. The van der Waals surface area contributed by atoms with E-state index in [1.54, 1.807) is 24.3 Å². The second-order valence-corrected chi connectivity index (χ2v) is 6.65. The first-order valence-corrected chi connectivity index (χ1v) is 8.26. The van der Waals surface area contributed by atoms with E-state index in [1.807, 2.05) is 11.4 Å². The first-order chi connectivity index (χ1) is 10.1. The van der Waals surface area contributed by atoms with Gasteiger partial charge in [-0.2, -0.15) is 0 Å². The number of carbonyl (C=O) groups is 2. The van der Waals surface area contributed by atoms with Gasteiger partial charge in [0.1, 0.15) is 4.88 Å². The highest BCUT2D eigenvalue weighted by atomic mass is 79.9. The average molecular weight is 365 g/mol. The van der Waals surface area contributed by atoms with Crippen LogP contribution >= 0.6 is 27.3 Å². The number of thiophene rings is 1. The molecule has 6 heteroatoms. The van der Waals surface area contributed by atoms with Crippen molar-refractivity contribution in [2.24, 2.45) is 0 Å². The Bertz CT molecular complexity index is 694. The number of nitrogens with one attached hydrogen (secondary N) is 2. The number of anilines is 1. The fourth-order valence-electron chi connectivity index (χ4n) is 1.88. The van der Waals surface area contributed by atoms with Gasteiger partial charge < -0.3 is 10.6 Å². The third-order valence-electron chi connectivity index (χ3n) is 3.12. The van der Waals surface area contributed by atoms with Gasteiger partial charge in [-0.25, -0.2) is 0 Å². The molecule has 0 unspecified atom stereocenters. The van der Waals surface area contributed by atoms with E-state index < -0.39 is 0 Å². The molecule has 0 radical (unpaired) electrons. The van der Waals surface area contributed by atoms with Gasteiger partial charge in [-0.3, -0.25) is 9.59 Å². The van der Waals surface area contributed by atoms with Crippen molar-refractivity contribution in [1.82, 2.24) is 5.32 Å². The fraction of sp³-hybridized carbons (Fsp3) is 0.200. The highest BCUT2D eigenvalue weighted by Crippen LogP contribution is 2.24. The molecule has 1 saturated carbocycles. The monoisotopic (exact) mass is 364 g/mol. The summed E-state index contributed by atoms with van der Waals surface area (Å²) in [6.07, 6.45) is 2.10. The molecule has 0 atom stereocenters. The minimum atomic E-state index is -0.184. The van der Waals surface area contributed by atoms with Crippen LogP contribution in [0.25, 0.3) is 0 Å². The second-order valence-electron chi connectivity index (χ2n) is 4.88. The first-order valence-electron chi connectivity index (χ1n) is 6.59. The zero-order valence-electron chi connectivity index (χ0n) is 11.1. The van der Waals surface area contributed by atoms with Crippen LogP contribution in [0.4, 0.5) is 5.69 Å². The molecule has 2 aromatic rings. The van der Waals surface area contributed by atoms with Crippen LogP contribution < -0.4 is 10.6 Å². The number of rotatable bonds is 4. The molecule has 4 nitrogen and oxygen atoms in total. The lowest BCUT2D eigenvalue weighted by Gasteiger charge is -2.07. The Kier molecular flexibility index (Phi) is 4.07. The summed E-state index contributed by atoms with van der Waals surface area (Å²) < 4.78 is 0.771. The molecule has 108 valence electrons. The largest absolute Gasteiger partial charge is 0.349 e. The summed E-state index contributed by atoms with van der Waals surface area (Å²) in [5.74, 6) is -0.275. The highest BCUT2D eigenvalue weighted by Gasteiger charge is 2.23. The highest BCUT2D eigenvalue weighted by molar-refractivity contribution is 9.10. The van der Waals surface area contributed by atoms with Gasteiger partial charge in [0.15, 0.2) is 0 Å². The van der Waals surface area contributed by atoms with Crippen molar-refractivity contribution in [1.29, 1.82) is 0 Å². The number of hydrogen-bond donors (Lipinski definition) is 2. The maximum Gasteiger partial charge on any atom is 0.266 e. The summed E-state index contributed by atoms with van der Waals surface area (Å²) in [7, 11) is 0. The van der Waals surface area contributed by atoms with Gasteiger partial charge in [0, 0.05) is 21.8 Å². The summed E-state index contributed by atoms with van der Waals surface area (Å²) in [5.41, 5.74) is 1.17. The van der Waals surface area contributed by atoms with Gasteiger partial charge in [-0.15, -0.1) is 11.3 Å². The van der Waals surface area contributed by atoms with Crippen molar-refractivity contribution < 1.29 is 9.59 Å². The van der Waals surface area contributed by atoms with Gasteiger partial charge >= 0.3 is 0 Å². The molecule has 21 heavy (non-hydrogen) atoms. The molecule has 1 aliphatic carbocycles. The van der Waals surface area contributed by atoms with Crippen LogP contribution in [0.2, 0.25) is 0 Å². The number of carbonyl (C=O) groups excluding carboxylic acids is 2. The van der Waals surface area contributed by atoms with Crippen LogP contribution in [-0.2, 0) is 0 Å². The Morgan fingerprint density at radius 2 is 2.00 bits per heavy atom. The van der Waals surface area contributed by atoms with E-state index in [-0.39, 0.29) is 11.8 Å². The molecule has 1 aromatic carbocycles. The zero-order chi connectivity index (χ0) is 14.8. The van der Waals surface area contributed by atoms with Crippen LogP contribution in [0.1, 0.15) is 32.9 Å². The van der Waals surface area contributed by atoms with E-state index in [9.17, 15) is 9.59 Å². The predicted molar refractivity (Wildman–Crippen MR) is 86.9 cm³/mol. The molecule has 2 amide bonds. The van der Waals surface area contributed by atoms with Gasteiger partial charge in [-0.1, -0.05) is 6.07 Å². The maximum absolute atomic E-state index is 12.1. The molecule has 0 aliphatic heterocycles. The van der Waals surface area contributed by atoms with Crippen molar-refractivity contribution in [3.05, 3.63) is 50.6 Å². The Balaban J connectivity index is 1.72. The van der Waals surface area contributed by atoms with Crippen LogP contribution in [0, 0.1) is 0 Å². The molecule has 0 bridgehead atoms. The predicted octanol–water partition coefficient (Wildman–Crippen LogP) is 3.66. The van der Waals surface area contributed by atoms with Crippen LogP contribution in [0.5, 0.6) is 0 Å². The minimum Gasteiger partial charge on any atom is -0.349 e. The Labute approximate surface area is 134 Å². The smallest absolute Gasteiger partial charge is 0.266 e. The minimum absolute atomic E-state index is 0.0918. The first kappa shape index (κ1) is 14.3. The number of hydrogen-bond acceptors (Lipinski definition) is 3. The van der Waals surface area contributed by atoms with Crippen molar-refractivity contribution in [2.45, 2.75) is 18.9 Å². The Morgan fingerprint density at radius 3 is 2.67 bits per heavy atom. The molecule has 1 aromatic heterocycles. The normalized spacial score (nSPS) is 13.8. The summed E-state index contributed by atoms with van der Waals surface area (Å²) in [4.78, 5) is 24.7. The van der Waals surface area contributed by atoms with E-state index in [4.69, 9.17) is 0 Å². The van der Waals surface area contributed by atoms with E-state index in [0.717, 1.165) is 17.3 Å². The second kappa shape index (κ2) is 5.99. The Hall–Kier alpha value is -1.66.